The van der Waals surface area contributed by atoms with E-state index in [2.05, 4.69) is 4.90 Å². The van der Waals surface area contributed by atoms with Gasteiger partial charge >= 0.3 is 35.5 Å². The van der Waals surface area contributed by atoms with Crippen LogP contribution >= 0.6 is 0 Å². The average Bonchev–Trinajstić information content (AvgIpc) is 2.32. The van der Waals surface area contributed by atoms with E-state index >= 15 is 0 Å². The van der Waals surface area contributed by atoms with Crippen LogP contribution in [0, 0.1) is 5.92 Å². The third-order valence-corrected chi connectivity index (χ3v) is 3.23. The summed E-state index contributed by atoms with van der Waals surface area (Å²) >= 11 is 0. The monoisotopic (exact) mass is 259 g/mol. The summed E-state index contributed by atoms with van der Waals surface area (Å²) in [7, 11) is 0. The van der Waals surface area contributed by atoms with Crippen molar-refractivity contribution in [2.24, 2.45) is 5.92 Å². The number of nitrogens with zero attached hydrogens (tertiary/aromatic N) is 1. The molecule has 1 heterocycles. The van der Waals surface area contributed by atoms with Crippen LogP contribution in [0.25, 0.3) is 0 Å². The number of carbonyl (C=O) groups is 1. The maximum atomic E-state index is 11.0. The van der Waals surface area contributed by atoms with Gasteiger partial charge in [0.2, 0.25) is 0 Å². The molecule has 0 aliphatic carbocycles. The molecule has 2 atom stereocenters. The molecule has 0 spiro atoms. The van der Waals surface area contributed by atoms with Crippen molar-refractivity contribution in [1.82, 2.24) is 4.90 Å². The van der Waals surface area contributed by atoms with Crippen molar-refractivity contribution in [2.75, 3.05) is 13.1 Å². The van der Waals surface area contributed by atoms with E-state index in [-0.39, 0.29) is 31.0 Å². The number of aliphatic hydroxyl groups is 1. The summed E-state index contributed by atoms with van der Waals surface area (Å²) in [6, 6.07) is 9.97. The van der Waals surface area contributed by atoms with Gasteiger partial charge in [0, 0.05) is 19.6 Å². The van der Waals surface area contributed by atoms with Gasteiger partial charge in [0.25, 0.3) is 0 Å². The van der Waals surface area contributed by atoms with Gasteiger partial charge < -0.3 is 11.6 Å². The van der Waals surface area contributed by atoms with E-state index in [0.29, 0.717) is 13.0 Å². The number of aliphatic hydroxyl groups excluding tert-OH is 1. The summed E-state index contributed by atoms with van der Waals surface area (Å²) in [5, 5.41) is 18.6. The first-order valence-electron chi connectivity index (χ1n) is 5.84. The van der Waals surface area contributed by atoms with Crippen molar-refractivity contribution < 1.29 is 46.0 Å². The molecule has 2 rings (SSSR count). The molecule has 0 saturated carbocycles. The fourth-order valence-electron chi connectivity index (χ4n) is 2.24. The van der Waals surface area contributed by atoms with Crippen molar-refractivity contribution in [3.8, 4) is 0 Å². The molecule has 1 aliphatic rings. The van der Waals surface area contributed by atoms with E-state index in [1.807, 2.05) is 30.3 Å². The fraction of sp³-hybridized carbons (Fsp3) is 0.462. The first-order chi connectivity index (χ1) is 8.16. The summed E-state index contributed by atoms with van der Waals surface area (Å²) in [6.07, 6.45) is -0.177. The minimum Gasteiger partial charge on any atom is -1.00 e. The van der Waals surface area contributed by atoms with E-state index in [4.69, 9.17) is 5.11 Å². The Labute approximate surface area is 130 Å². The molecule has 0 amide bonds. The smallest absolute Gasteiger partial charge is 1.00 e. The Kier molecular flexibility index (Phi) is 6.32. The maximum Gasteiger partial charge on any atom is 1.00 e. The Morgan fingerprint density at radius 3 is 2.67 bits per heavy atom. The zero-order valence-electron chi connectivity index (χ0n) is 11.6. The number of carboxylic acid groups (broad SMARTS) is 1. The van der Waals surface area contributed by atoms with Gasteiger partial charge in [-0.15, -0.1) is 0 Å². The minimum absolute atomic E-state index is 0. The first-order valence-corrected chi connectivity index (χ1v) is 5.84. The van der Waals surface area contributed by atoms with Crippen LogP contribution in [0.15, 0.2) is 30.3 Å². The van der Waals surface area contributed by atoms with Gasteiger partial charge in [-0.2, -0.15) is 0 Å². The Morgan fingerprint density at radius 2 is 2.06 bits per heavy atom. The first kappa shape index (κ1) is 15.7. The molecule has 2 N–H and O–H groups in total. The number of hydrogen-bond donors (Lipinski definition) is 2. The molecule has 0 bridgehead atoms. The van der Waals surface area contributed by atoms with Crippen molar-refractivity contribution in [2.45, 2.75) is 19.1 Å². The summed E-state index contributed by atoms with van der Waals surface area (Å²) in [5.74, 6) is -1.57. The van der Waals surface area contributed by atoms with Gasteiger partial charge in [0.05, 0.1) is 12.0 Å². The Morgan fingerprint density at radius 1 is 1.39 bits per heavy atom. The van der Waals surface area contributed by atoms with E-state index in [1.165, 1.54) is 5.56 Å². The SMILES string of the molecule is O=C(O)C1CN(Cc2ccccc2)CCC1O.[H-].[Na+]. The average molecular weight is 259 g/mol. The Bertz CT molecular complexity index is 391. The molecule has 4 nitrogen and oxygen atoms in total. The van der Waals surface area contributed by atoms with Crippen LogP contribution in [0.1, 0.15) is 13.4 Å². The molecule has 0 radical (unpaired) electrons. The molecule has 18 heavy (non-hydrogen) atoms. The number of rotatable bonds is 3. The molecule has 0 aromatic heterocycles. The van der Waals surface area contributed by atoms with Gasteiger partial charge in [-0.05, 0) is 12.0 Å². The summed E-state index contributed by atoms with van der Waals surface area (Å²) < 4.78 is 0. The normalized spacial score (nSPS) is 24.3. The molecular weight excluding hydrogens is 241 g/mol. The third kappa shape index (κ3) is 4.07. The van der Waals surface area contributed by atoms with Crippen LogP contribution < -0.4 is 29.6 Å². The molecule has 5 heteroatoms. The van der Waals surface area contributed by atoms with Crippen LogP contribution in [-0.4, -0.2) is 40.3 Å². The maximum absolute atomic E-state index is 11.0. The number of benzene rings is 1. The quantitative estimate of drug-likeness (QED) is 0.621. The molecule has 1 saturated heterocycles. The second-order valence-electron chi connectivity index (χ2n) is 4.52. The molecule has 1 aromatic carbocycles. The predicted octanol–water partition coefficient (Wildman–Crippen LogP) is -1.93. The van der Waals surface area contributed by atoms with Gasteiger partial charge in [-0.1, -0.05) is 30.3 Å². The van der Waals surface area contributed by atoms with E-state index < -0.39 is 18.0 Å². The number of piperidine rings is 1. The van der Waals surface area contributed by atoms with E-state index in [9.17, 15) is 9.90 Å². The van der Waals surface area contributed by atoms with Crippen molar-refractivity contribution in [1.29, 1.82) is 0 Å². The summed E-state index contributed by atoms with van der Waals surface area (Å²) in [6.45, 7) is 1.92. The van der Waals surface area contributed by atoms with Crippen LogP contribution in [0.4, 0.5) is 0 Å². The van der Waals surface area contributed by atoms with Crippen LogP contribution in [-0.2, 0) is 11.3 Å². The summed E-state index contributed by atoms with van der Waals surface area (Å²) in [5.41, 5.74) is 1.17. The second-order valence-corrected chi connectivity index (χ2v) is 4.52. The number of hydrogen-bond acceptors (Lipinski definition) is 3. The third-order valence-electron chi connectivity index (χ3n) is 3.23. The van der Waals surface area contributed by atoms with Crippen LogP contribution in [0.3, 0.4) is 0 Å². The predicted molar refractivity (Wildman–Crippen MR) is 64.6 cm³/mol. The fourth-order valence-corrected chi connectivity index (χ4v) is 2.24. The summed E-state index contributed by atoms with van der Waals surface area (Å²) in [4.78, 5) is 13.1. The Hall–Kier alpha value is -0.390. The zero-order valence-corrected chi connectivity index (χ0v) is 12.6. The number of likely N-dealkylation sites (tertiary alicyclic amines) is 1. The molecule has 94 valence electrons. The van der Waals surface area contributed by atoms with E-state index in [1.54, 1.807) is 0 Å². The number of aliphatic carboxylic acids is 1. The molecule has 2 unspecified atom stereocenters. The molecule has 1 fully saturated rings. The zero-order chi connectivity index (χ0) is 12.3. The largest absolute Gasteiger partial charge is 1.00 e. The Balaban J connectivity index is 0.00000162. The van der Waals surface area contributed by atoms with Gasteiger partial charge in [0.15, 0.2) is 0 Å². The van der Waals surface area contributed by atoms with Crippen molar-refractivity contribution in [3.05, 3.63) is 35.9 Å². The van der Waals surface area contributed by atoms with Crippen molar-refractivity contribution >= 4 is 5.97 Å². The van der Waals surface area contributed by atoms with Gasteiger partial charge in [-0.3, -0.25) is 9.69 Å². The van der Waals surface area contributed by atoms with Crippen LogP contribution in [0.2, 0.25) is 0 Å². The minimum atomic E-state index is -0.907. The molecular formula is C13H18NNaO3. The molecule has 1 aliphatic heterocycles. The topological polar surface area (TPSA) is 60.8 Å². The van der Waals surface area contributed by atoms with Crippen molar-refractivity contribution in [3.63, 3.8) is 0 Å². The second kappa shape index (κ2) is 7.26. The van der Waals surface area contributed by atoms with Gasteiger partial charge in [-0.25, -0.2) is 0 Å². The molecule has 1 aromatic rings. The van der Waals surface area contributed by atoms with E-state index in [0.717, 1.165) is 13.1 Å². The number of carboxylic acids is 1. The van der Waals surface area contributed by atoms with Gasteiger partial charge in [0.1, 0.15) is 0 Å². The standard InChI is InChI=1S/C13H17NO3.Na.H/c15-12-6-7-14(9-11(12)13(16)17)8-10-4-2-1-3-5-10;;/h1-5,11-12,15H,6-9H2,(H,16,17);;/q;+1;-1. The van der Waals surface area contributed by atoms with Crippen LogP contribution in [0.5, 0.6) is 0 Å².